The maximum Gasteiger partial charge on any atom is 0.342 e. The first-order valence-corrected chi connectivity index (χ1v) is 10.5. The van der Waals surface area contributed by atoms with Crippen LogP contribution in [0.25, 0.3) is 5.78 Å². The Labute approximate surface area is 194 Å². The minimum atomic E-state index is -0.686. The van der Waals surface area contributed by atoms with E-state index in [2.05, 4.69) is 20.4 Å². The second kappa shape index (κ2) is 9.66. The van der Waals surface area contributed by atoms with Crippen molar-refractivity contribution in [3.8, 4) is 11.5 Å². The minimum Gasteiger partial charge on any atom is -0.455 e. The largest absolute Gasteiger partial charge is 0.455 e. The normalized spacial score (nSPS) is 10.8. The Morgan fingerprint density at radius 1 is 1.12 bits per heavy atom. The van der Waals surface area contributed by atoms with Crippen LogP contribution in [-0.4, -0.2) is 38.1 Å². The zero-order valence-electron chi connectivity index (χ0n) is 17.9. The lowest BCUT2D eigenvalue weighted by molar-refractivity contribution is -0.119. The molecule has 33 heavy (non-hydrogen) atoms. The lowest BCUT2D eigenvalue weighted by Gasteiger charge is -2.13. The van der Waals surface area contributed by atoms with Crippen molar-refractivity contribution in [2.45, 2.75) is 20.3 Å². The highest BCUT2D eigenvalue weighted by Crippen LogP contribution is 2.32. The first-order valence-electron chi connectivity index (χ1n) is 10.1. The summed E-state index contributed by atoms with van der Waals surface area (Å²) in [6, 6.07) is 12.3. The quantitative estimate of drug-likeness (QED) is 0.407. The molecule has 2 heterocycles. The van der Waals surface area contributed by atoms with Crippen LogP contribution in [0.2, 0.25) is 5.02 Å². The van der Waals surface area contributed by atoms with E-state index in [-0.39, 0.29) is 5.56 Å². The number of ether oxygens (including phenoxy) is 2. The summed E-state index contributed by atoms with van der Waals surface area (Å²) in [5.41, 5.74) is 2.25. The van der Waals surface area contributed by atoms with Crippen LogP contribution in [0.4, 0.5) is 5.69 Å². The summed E-state index contributed by atoms with van der Waals surface area (Å²) in [6.07, 6.45) is 3.22. The van der Waals surface area contributed by atoms with Gasteiger partial charge in [-0.1, -0.05) is 36.2 Å². The van der Waals surface area contributed by atoms with E-state index in [1.165, 1.54) is 17.0 Å². The van der Waals surface area contributed by atoms with Crippen molar-refractivity contribution in [2.24, 2.45) is 0 Å². The van der Waals surface area contributed by atoms with Crippen LogP contribution in [-0.2, 0) is 16.0 Å². The molecule has 4 rings (SSSR count). The van der Waals surface area contributed by atoms with Crippen molar-refractivity contribution in [1.82, 2.24) is 19.6 Å². The summed E-state index contributed by atoms with van der Waals surface area (Å²) in [4.78, 5) is 33.2. The summed E-state index contributed by atoms with van der Waals surface area (Å²) in [6.45, 7) is 3.34. The molecular formula is C23H20ClN5O4. The van der Waals surface area contributed by atoms with E-state index in [4.69, 9.17) is 21.1 Å². The number of nitrogens with one attached hydrogen (secondary N) is 1. The Morgan fingerprint density at radius 2 is 1.91 bits per heavy atom. The van der Waals surface area contributed by atoms with Gasteiger partial charge in [-0.05, 0) is 43.7 Å². The molecule has 0 fully saturated rings. The van der Waals surface area contributed by atoms with Gasteiger partial charge in [0.2, 0.25) is 0 Å². The predicted octanol–water partition coefficient (Wildman–Crippen LogP) is 4.24. The number of carbonyl (C=O) groups excluding carboxylic acids is 2. The first-order chi connectivity index (χ1) is 15.9. The average Bonchev–Trinajstić information content (AvgIpc) is 3.29. The van der Waals surface area contributed by atoms with Gasteiger partial charge >= 0.3 is 5.97 Å². The van der Waals surface area contributed by atoms with E-state index in [9.17, 15) is 9.59 Å². The van der Waals surface area contributed by atoms with Gasteiger partial charge < -0.3 is 14.8 Å². The van der Waals surface area contributed by atoms with E-state index in [1.54, 1.807) is 18.2 Å². The second-order valence-corrected chi connectivity index (χ2v) is 7.56. The number of amides is 1. The third-order valence-corrected chi connectivity index (χ3v) is 4.99. The average molecular weight is 466 g/mol. The number of hydrogen-bond acceptors (Lipinski definition) is 7. The van der Waals surface area contributed by atoms with E-state index in [1.807, 2.05) is 38.1 Å². The Hall–Kier alpha value is -3.98. The molecule has 0 saturated heterocycles. The fourth-order valence-corrected chi connectivity index (χ4v) is 3.32. The van der Waals surface area contributed by atoms with Gasteiger partial charge in [0.1, 0.15) is 12.1 Å². The number of aryl methyl sites for hydroxylation is 2. The number of aromatic nitrogens is 4. The molecule has 0 bridgehead atoms. The molecule has 0 aliphatic heterocycles. The number of anilines is 1. The monoisotopic (exact) mass is 465 g/mol. The molecule has 0 radical (unpaired) electrons. The van der Waals surface area contributed by atoms with Gasteiger partial charge in [-0.3, -0.25) is 4.79 Å². The zero-order chi connectivity index (χ0) is 23.4. The predicted molar refractivity (Wildman–Crippen MR) is 122 cm³/mol. The van der Waals surface area contributed by atoms with Crippen molar-refractivity contribution in [2.75, 3.05) is 11.9 Å². The number of hydrogen-bond donors (Lipinski definition) is 1. The van der Waals surface area contributed by atoms with Gasteiger partial charge in [-0.25, -0.2) is 14.3 Å². The molecule has 0 atom stereocenters. The third kappa shape index (κ3) is 5.09. The number of benzene rings is 2. The molecule has 0 saturated carbocycles. The maximum atomic E-state index is 12.6. The lowest BCUT2D eigenvalue weighted by atomic mass is 10.2. The first kappa shape index (κ1) is 22.2. The summed E-state index contributed by atoms with van der Waals surface area (Å²) in [5.74, 6) is 0.148. The van der Waals surface area contributed by atoms with Crippen LogP contribution in [0.1, 0.15) is 28.5 Å². The van der Waals surface area contributed by atoms with Crippen LogP contribution in [0.3, 0.4) is 0 Å². The molecule has 1 N–H and O–H groups in total. The molecule has 1 amide bonds. The summed E-state index contributed by atoms with van der Waals surface area (Å²) >= 11 is 6.09. The molecule has 0 aliphatic carbocycles. The molecule has 0 spiro atoms. The molecule has 9 nitrogen and oxygen atoms in total. The van der Waals surface area contributed by atoms with Crippen molar-refractivity contribution in [3.63, 3.8) is 0 Å². The van der Waals surface area contributed by atoms with E-state index in [0.29, 0.717) is 40.1 Å². The van der Waals surface area contributed by atoms with Gasteiger partial charge in [0.05, 0.1) is 16.9 Å². The van der Waals surface area contributed by atoms with Crippen molar-refractivity contribution < 1.29 is 19.1 Å². The van der Waals surface area contributed by atoms with Crippen molar-refractivity contribution in [3.05, 3.63) is 76.8 Å². The van der Waals surface area contributed by atoms with E-state index < -0.39 is 18.5 Å². The molecule has 2 aromatic heterocycles. The third-order valence-electron chi connectivity index (χ3n) is 4.76. The molecule has 168 valence electrons. The Bertz CT molecular complexity index is 1320. The Morgan fingerprint density at radius 3 is 2.67 bits per heavy atom. The molecule has 10 heteroatoms. The van der Waals surface area contributed by atoms with Gasteiger partial charge in [-0.2, -0.15) is 10.1 Å². The number of esters is 1. The molecule has 2 aromatic carbocycles. The van der Waals surface area contributed by atoms with Crippen LogP contribution >= 0.6 is 11.6 Å². The van der Waals surface area contributed by atoms with Crippen LogP contribution < -0.4 is 10.1 Å². The molecule has 0 aliphatic rings. The highest BCUT2D eigenvalue weighted by atomic mass is 35.5. The molecule has 0 unspecified atom stereocenters. The topological polar surface area (TPSA) is 108 Å². The van der Waals surface area contributed by atoms with Gasteiger partial charge in [-0.15, -0.1) is 0 Å². The summed E-state index contributed by atoms with van der Waals surface area (Å²) in [5, 5.41) is 7.16. The van der Waals surface area contributed by atoms with Gasteiger partial charge in [0.25, 0.3) is 11.7 Å². The van der Waals surface area contributed by atoms with E-state index >= 15 is 0 Å². The van der Waals surface area contributed by atoms with E-state index in [0.717, 1.165) is 5.56 Å². The number of carbonyl (C=O) groups is 2. The minimum absolute atomic E-state index is 0.217. The highest BCUT2D eigenvalue weighted by molar-refractivity contribution is 6.31. The lowest BCUT2D eigenvalue weighted by Crippen LogP contribution is -2.22. The second-order valence-electron chi connectivity index (χ2n) is 7.12. The van der Waals surface area contributed by atoms with Crippen molar-refractivity contribution in [1.29, 1.82) is 0 Å². The van der Waals surface area contributed by atoms with Gasteiger partial charge in [0, 0.05) is 11.2 Å². The zero-order valence-corrected chi connectivity index (χ0v) is 18.7. The van der Waals surface area contributed by atoms with Crippen LogP contribution in [0.5, 0.6) is 11.5 Å². The smallest absolute Gasteiger partial charge is 0.342 e. The van der Waals surface area contributed by atoms with Gasteiger partial charge in [0.15, 0.2) is 12.4 Å². The number of halogens is 1. The molecular weight excluding hydrogens is 446 g/mol. The van der Waals surface area contributed by atoms with Crippen molar-refractivity contribution >= 4 is 34.9 Å². The maximum absolute atomic E-state index is 12.6. The number of fused-ring (bicyclic) bond motifs is 1. The standard InChI is InChI=1S/C23H20ClN5O4/c1-3-19-17(11-25-23-26-13-27-29(19)23)22(31)32-12-21(30)28-18-10-15(24)6-9-20(18)33-16-7-4-14(2)5-8-16/h4-11,13H,3,12H2,1-2H3,(H,28,30). The fourth-order valence-electron chi connectivity index (χ4n) is 3.15. The summed E-state index contributed by atoms with van der Waals surface area (Å²) in [7, 11) is 0. The number of nitrogens with zero attached hydrogens (tertiary/aromatic N) is 4. The van der Waals surface area contributed by atoms with Crippen LogP contribution in [0, 0.1) is 6.92 Å². The number of rotatable bonds is 7. The molecule has 4 aromatic rings. The highest BCUT2D eigenvalue weighted by Gasteiger charge is 2.19. The fraction of sp³-hybridized carbons (Fsp3) is 0.174. The Balaban J connectivity index is 1.44. The Kier molecular flexibility index (Phi) is 6.50. The SMILES string of the molecule is CCc1c(C(=O)OCC(=O)Nc2cc(Cl)ccc2Oc2ccc(C)cc2)cnc2ncnn12. The summed E-state index contributed by atoms with van der Waals surface area (Å²) < 4.78 is 12.5. The van der Waals surface area contributed by atoms with Crippen LogP contribution in [0.15, 0.2) is 55.0 Å².